The van der Waals surface area contributed by atoms with Crippen molar-refractivity contribution >= 4 is 33.4 Å². The number of benzene rings is 1. The second-order valence-corrected chi connectivity index (χ2v) is 5.60. The minimum absolute atomic E-state index is 0.0188. The Morgan fingerprint density at radius 2 is 2.25 bits per heavy atom. The number of carbonyl (C=O) groups excluding carboxylic acids is 1. The van der Waals surface area contributed by atoms with Gasteiger partial charge >= 0.3 is 0 Å². The lowest BCUT2D eigenvalue weighted by Gasteiger charge is -2.18. The van der Waals surface area contributed by atoms with Crippen LogP contribution < -0.4 is 0 Å². The first kappa shape index (κ1) is 13.3. The third kappa shape index (κ3) is 3.39. The summed E-state index contributed by atoms with van der Waals surface area (Å²) < 4.78 is 0. The number of hydrogen-bond donors (Lipinski definition) is 1. The average Bonchev–Trinajstić information content (AvgIpc) is 2.20. The predicted molar refractivity (Wildman–Crippen MR) is 68.5 cm³/mol. The van der Waals surface area contributed by atoms with Crippen LogP contribution in [0.1, 0.15) is 17.3 Å². The van der Waals surface area contributed by atoms with E-state index in [-0.39, 0.29) is 21.5 Å². The van der Waals surface area contributed by atoms with E-state index in [4.69, 9.17) is 11.6 Å². The van der Waals surface area contributed by atoms with Crippen LogP contribution in [0.4, 0.5) is 0 Å². The third-order valence-corrected chi connectivity index (χ3v) is 2.66. The molecule has 16 heavy (non-hydrogen) atoms. The van der Waals surface area contributed by atoms with E-state index >= 15 is 0 Å². The maximum absolute atomic E-state index is 11.9. The van der Waals surface area contributed by atoms with E-state index in [9.17, 15) is 9.90 Å². The van der Waals surface area contributed by atoms with Gasteiger partial charge in [-0.15, -0.1) is 0 Å². The highest BCUT2D eigenvalue weighted by atomic mass is 79.9. The molecule has 3 nitrogen and oxygen atoms in total. The van der Waals surface area contributed by atoms with Crippen molar-refractivity contribution < 1.29 is 9.90 Å². The lowest BCUT2D eigenvalue weighted by Crippen LogP contribution is -2.31. The maximum atomic E-state index is 11.9. The van der Waals surface area contributed by atoms with Crippen molar-refractivity contribution in [2.45, 2.75) is 11.8 Å². The van der Waals surface area contributed by atoms with Crippen LogP contribution in [0.25, 0.3) is 0 Å². The Kier molecular flexibility index (Phi) is 4.62. The molecule has 0 saturated carbocycles. The fourth-order valence-corrected chi connectivity index (χ4v) is 1.94. The van der Waals surface area contributed by atoms with Gasteiger partial charge in [0.25, 0.3) is 5.91 Å². The van der Waals surface area contributed by atoms with Gasteiger partial charge in [0.15, 0.2) is 0 Å². The summed E-state index contributed by atoms with van der Waals surface area (Å²) in [6.45, 7) is 2.57. The molecule has 1 atom stereocenters. The topological polar surface area (TPSA) is 40.5 Å². The number of alkyl halides is 1. The average molecular weight is 307 g/mol. The molecule has 1 aromatic rings. The number of carbonyl (C=O) groups is 1. The highest BCUT2D eigenvalue weighted by Crippen LogP contribution is 2.24. The molecule has 1 N–H and O–H groups in total. The maximum Gasteiger partial charge on any atom is 0.253 e. The normalized spacial score (nSPS) is 12.2. The number of amides is 1. The van der Waals surface area contributed by atoms with Gasteiger partial charge < -0.3 is 10.0 Å². The summed E-state index contributed by atoms with van der Waals surface area (Å²) in [6.07, 6.45) is 0. The molecule has 88 valence electrons. The number of hydrogen-bond acceptors (Lipinski definition) is 2. The van der Waals surface area contributed by atoms with Gasteiger partial charge in [0.1, 0.15) is 5.75 Å². The minimum atomic E-state index is -0.117. The molecule has 0 heterocycles. The molecule has 0 saturated heterocycles. The number of aromatic hydroxyl groups is 1. The Bertz CT molecular complexity index is 396. The van der Waals surface area contributed by atoms with Crippen LogP contribution in [0.5, 0.6) is 5.75 Å². The van der Waals surface area contributed by atoms with E-state index in [1.165, 1.54) is 12.1 Å². The quantitative estimate of drug-likeness (QED) is 0.872. The van der Waals surface area contributed by atoms with Gasteiger partial charge in [-0.2, -0.15) is 0 Å². The second kappa shape index (κ2) is 5.55. The van der Waals surface area contributed by atoms with Crippen molar-refractivity contribution in [1.82, 2.24) is 4.90 Å². The van der Waals surface area contributed by atoms with E-state index in [2.05, 4.69) is 15.9 Å². The van der Waals surface area contributed by atoms with Crippen LogP contribution in [-0.4, -0.2) is 34.3 Å². The fourth-order valence-electron chi connectivity index (χ4n) is 1.32. The Balaban J connectivity index is 2.84. The zero-order valence-electron chi connectivity index (χ0n) is 9.08. The van der Waals surface area contributed by atoms with Crippen LogP contribution in [0, 0.1) is 0 Å². The van der Waals surface area contributed by atoms with Crippen LogP contribution in [0.3, 0.4) is 0 Å². The summed E-state index contributed by atoms with van der Waals surface area (Å²) in [5.41, 5.74) is 0.471. The summed E-state index contributed by atoms with van der Waals surface area (Å²) in [6, 6.07) is 4.44. The standard InChI is InChI=1S/C11H13BrClNO2/c1-7(12)6-14(2)11(16)8-3-4-10(15)9(13)5-8/h3-5,7,15H,6H2,1-2H3. The molecule has 5 heteroatoms. The van der Waals surface area contributed by atoms with Gasteiger partial charge in [0, 0.05) is 24.0 Å². The smallest absolute Gasteiger partial charge is 0.253 e. The highest BCUT2D eigenvalue weighted by molar-refractivity contribution is 9.09. The molecule has 1 amide bonds. The Morgan fingerprint density at radius 3 is 2.75 bits per heavy atom. The van der Waals surface area contributed by atoms with Crippen molar-refractivity contribution in [2.24, 2.45) is 0 Å². The number of phenolic OH excluding ortho intramolecular Hbond substituents is 1. The molecule has 0 radical (unpaired) electrons. The van der Waals surface area contributed by atoms with Gasteiger partial charge in [-0.3, -0.25) is 4.79 Å². The molecule has 0 bridgehead atoms. The van der Waals surface area contributed by atoms with E-state index in [0.717, 1.165) is 0 Å². The van der Waals surface area contributed by atoms with Crippen molar-refractivity contribution in [2.75, 3.05) is 13.6 Å². The van der Waals surface area contributed by atoms with E-state index in [1.807, 2.05) is 6.92 Å². The van der Waals surface area contributed by atoms with E-state index in [1.54, 1.807) is 18.0 Å². The Hall–Kier alpha value is -0.740. The molecule has 1 unspecified atom stereocenters. The molecule has 0 fully saturated rings. The summed E-state index contributed by atoms with van der Waals surface area (Å²) >= 11 is 9.12. The van der Waals surface area contributed by atoms with Crippen LogP contribution >= 0.6 is 27.5 Å². The van der Waals surface area contributed by atoms with Gasteiger partial charge in [-0.1, -0.05) is 34.5 Å². The first-order valence-corrected chi connectivity index (χ1v) is 6.09. The molecule has 0 aliphatic heterocycles. The molecular weight excluding hydrogens is 293 g/mol. The van der Waals surface area contributed by atoms with Gasteiger partial charge in [0.05, 0.1) is 5.02 Å². The largest absolute Gasteiger partial charge is 0.506 e. The van der Waals surface area contributed by atoms with E-state index in [0.29, 0.717) is 12.1 Å². The first-order valence-electron chi connectivity index (χ1n) is 4.80. The summed E-state index contributed by atoms with van der Waals surface area (Å²) in [4.78, 5) is 13.7. The zero-order chi connectivity index (χ0) is 12.3. The number of phenols is 1. The molecule has 0 aliphatic rings. The highest BCUT2D eigenvalue weighted by Gasteiger charge is 2.14. The Morgan fingerprint density at radius 1 is 1.62 bits per heavy atom. The van der Waals surface area contributed by atoms with Crippen molar-refractivity contribution in [3.8, 4) is 5.75 Å². The van der Waals surface area contributed by atoms with Crippen molar-refractivity contribution in [3.05, 3.63) is 28.8 Å². The monoisotopic (exact) mass is 305 g/mol. The second-order valence-electron chi connectivity index (χ2n) is 3.63. The SMILES string of the molecule is CC(Br)CN(C)C(=O)c1ccc(O)c(Cl)c1. The van der Waals surface area contributed by atoms with Gasteiger partial charge in [0.2, 0.25) is 0 Å². The van der Waals surface area contributed by atoms with Crippen molar-refractivity contribution in [1.29, 1.82) is 0 Å². The third-order valence-electron chi connectivity index (χ3n) is 2.07. The number of nitrogens with zero attached hydrogens (tertiary/aromatic N) is 1. The molecular formula is C11H13BrClNO2. The van der Waals surface area contributed by atoms with E-state index < -0.39 is 0 Å². The van der Waals surface area contributed by atoms with Gasteiger partial charge in [-0.05, 0) is 18.2 Å². The number of halogens is 2. The predicted octanol–water partition coefficient (Wildman–Crippen LogP) is 2.90. The molecule has 1 rings (SSSR count). The zero-order valence-corrected chi connectivity index (χ0v) is 11.4. The fraction of sp³-hybridized carbons (Fsp3) is 0.364. The van der Waals surface area contributed by atoms with Crippen LogP contribution in [0.15, 0.2) is 18.2 Å². The minimum Gasteiger partial charge on any atom is -0.506 e. The summed E-state index contributed by atoms with van der Waals surface area (Å²) in [7, 11) is 1.72. The van der Waals surface area contributed by atoms with Gasteiger partial charge in [-0.25, -0.2) is 0 Å². The number of rotatable bonds is 3. The molecule has 0 spiro atoms. The molecule has 0 aliphatic carbocycles. The van der Waals surface area contributed by atoms with Crippen LogP contribution in [0.2, 0.25) is 5.02 Å². The first-order chi connectivity index (χ1) is 7.41. The molecule has 0 aromatic heterocycles. The summed E-state index contributed by atoms with van der Waals surface area (Å²) in [5.74, 6) is -0.136. The summed E-state index contributed by atoms with van der Waals surface area (Å²) in [5, 5.41) is 9.43. The Labute approximate surface area is 108 Å². The van der Waals surface area contributed by atoms with Crippen molar-refractivity contribution in [3.63, 3.8) is 0 Å². The lowest BCUT2D eigenvalue weighted by molar-refractivity contribution is 0.0797. The lowest BCUT2D eigenvalue weighted by atomic mass is 10.2. The molecule has 1 aromatic carbocycles. The van der Waals surface area contributed by atoms with Crippen LogP contribution in [-0.2, 0) is 0 Å².